The van der Waals surface area contributed by atoms with E-state index in [0.717, 1.165) is 21.0 Å². The number of rotatable bonds is 5. The van der Waals surface area contributed by atoms with Crippen LogP contribution >= 0.6 is 11.3 Å². The van der Waals surface area contributed by atoms with E-state index in [1.54, 1.807) is 30.8 Å². The number of halogens is 1. The topological polar surface area (TPSA) is 88.1 Å². The van der Waals surface area contributed by atoms with Crippen molar-refractivity contribution in [2.75, 3.05) is 23.0 Å². The summed E-state index contributed by atoms with van der Waals surface area (Å²) in [5, 5.41) is 11.9. The molecular formula is C27H24FN5O2S. The molecule has 3 N–H and O–H groups in total. The fourth-order valence-electron chi connectivity index (χ4n) is 4.33. The summed E-state index contributed by atoms with van der Waals surface area (Å²) in [6, 6.07) is 13.6. The summed E-state index contributed by atoms with van der Waals surface area (Å²) in [7, 11) is 1.77. The number of thiophene rings is 1. The molecule has 5 aromatic rings. The van der Waals surface area contributed by atoms with Gasteiger partial charge in [0.1, 0.15) is 11.6 Å². The molecule has 5 rings (SSSR count). The number of benzene rings is 2. The van der Waals surface area contributed by atoms with Crippen molar-refractivity contribution in [1.29, 1.82) is 0 Å². The monoisotopic (exact) mass is 501 g/mol. The van der Waals surface area contributed by atoms with Gasteiger partial charge in [0.25, 0.3) is 5.56 Å². The molecule has 182 valence electrons. The first-order valence-corrected chi connectivity index (χ1v) is 12.3. The van der Waals surface area contributed by atoms with Gasteiger partial charge in [-0.25, -0.2) is 14.2 Å². The first-order chi connectivity index (χ1) is 17.4. The number of carbonyl (C=O) groups is 1. The van der Waals surface area contributed by atoms with Gasteiger partial charge in [-0.1, -0.05) is 18.2 Å². The third kappa shape index (κ3) is 4.18. The highest BCUT2D eigenvalue weighted by atomic mass is 32.1. The van der Waals surface area contributed by atoms with Gasteiger partial charge in [0.2, 0.25) is 0 Å². The second kappa shape index (κ2) is 9.43. The Labute approximate surface area is 210 Å². The van der Waals surface area contributed by atoms with Crippen LogP contribution in [0.2, 0.25) is 0 Å². The number of pyridine rings is 2. The molecule has 0 saturated carbocycles. The molecule has 9 heteroatoms. The van der Waals surface area contributed by atoms with E-state index in [9.17, 15) is 14.0 Å². The SMILES string of the molecule is CCn1c(=O)c(-c2cc(NC(=O)Nc3csc4ccccc34)c(F)cc2C)cc2cnc(NC)cc21. The average molecular weight is 502 g/mol. The van der Waals surface area contributed by atoms with E-state index in [1.807, 2.05) is 42.6 Å². The summed E-state index contributed by atoms with van der Waals surface area (Å²) in [6.07, 6.45) is 1.70. The van der Waals surface area contributed by atoms with Crippen molar-refractivity contribution in [2.24, 2.45) is 0 Å². The lowest BCUT2D eigenvalue weighted by Gasteiger charge is -2.15. The van der Waals surface area contributed by atoms with Crippen molar-refractivity contribution < 1.29 is 9.18 Å². The number of carbonyl (C=O) groups excluding carboxylic acids is 1. The second-order valence-electron chi connectivity index (χ2n) is 8.36. The van der Waals surface area contributed by atoms with Crippen molar-refractivity contribution in [2.45, 2.75) is 20.4 Å². The molecule has 0 fully saturated rings. The smallest absolute Gasteiger partial charge is 0.323 e. The maximum Gasteiger partial charge on any atom is 0.323 e. The third-order valence-electron chi connectivity index (χ3n) is 6.13. The minimum absolute atomic E-state index is 0.0150. The van der Waals surface area contributed by atoms with E-state index in [4.69, 9.17) is 0 Å². The fraction of sp³-hybridized carbons (Fsp3) is 0.148. The maximum atomic E-state index is 14.9. The molecule has 3 aromatic heterocycles. The lowest BCUT2D eigenvalue weighted by molar-refractivity contribution is 0.262. The second-order valence-corrected chi connectivity index (χ2v) is 9.27. The van der Waals surface area contributed by atoms with Crippen molar-refractivity contribution in [1.82, 2.24) is 9.55 Å². The number of aryl methyl sites for hydroxylation is 2. The molecule has 7 nitrogen and oxygen atoms in total. The van der Waals surface area contributed by atoms with Crippen molar-refractivity contribution >= 4 is 55.5 Å². The molecule has 0 aliphatic rings. The van der Waals surface area contributed by atoms with Gasteiger partial charge in [-0.2, -0.15) is 0 Å². The van der Waals surface area contributed by atoms with E-state index < -0.39 is 11.8 Å². The van der Waals surface area contributed by atoms with Gasteiger partial charge in [0.15, 0.2) is 0 Å². The van der Waals surface area contributed by atoms with Gasteiger partial charge < -0.3 is 20.5 Å². The molecule has 3 heterocycles. The van der Waals surface area contributed by atoms with Gasteiger partial charge >= 0.3 is 6.03 Å². The summed E-state index contributed by atoms with van der Waals surface area (Å²) in [6.45, 7) is 4.09. The standard InChI is InChI=1S/C27H24FN5O2S/c1-4-33-23-12-25(29-3)30-13-16(23)10-19(26(33)34)18-11-21(20(28)9-15(18)2)31-27(35)32-22-14-36-24-8-6-5-7-17(22)24/h5-14H,4H2,1-3H3,(H,29,30)(H2,31,32,35). The van der Waals surface area contributed by atoms with Crippen LogP contribution in [0.5, 0.6) is 0 Å². The minimum atomic E-state index is -0.585. The van der Waals surface area contributed by atoms with Gasteiger partial charge in [0.05, 0.1) is 16.9 Å². The third-order valence-corrected chi connectivity index (χ3v) is 7.10. The van der Waals surface area contributed by atoms with Crippen LogP contribution in [0.1, 0.15) is 12.5 Å². The summed E-state index contributed by atoms with van der Waals surface area (Å²) in [5.74, 6) is 0.0734. The lowest BCUT2D eigenvalue weighted by atomic mass is 9.99. The van der Waals surface area contributed by atoms with Crippen LogP contribution < -0.4 is 21.5 Å². The van der Waals surface area contributed by atoms with Crippen LogP contribution in [-0.2, 0) is 6.54 Å². The molecule has 0 bridgehead atoms. The predicted molar refractivity (Wildman–Crippen MR) is 146 cm³/mol. The van der Waals surface area contributed by atoms with Gasteiger partial charge in [-0.05, 0) is 49.2 Å². The normalized spacial score (nSPS) is 11.1. The number of nitrogens with zero attached hydrogens (tertiary/aromatic N) is 2. The van der Waals surface area contributed by atoms with E-state index >= 15 is 0 Å². The minimum Gasteiger partial charge on any atom is -0.373 e. The highest BCUT2D eigenvalue weighted by Crippen LogP contribution is 2.31. The number of hydrogen-bond donors (Lipinski definition) is 3. The molecule has 0 spiro atoms. The predicted octanol–water partition coefficient (Wildman–Crippen LogP) is 6.43. The summed E-state index contributed by atoms with van der Waals surface area (Å²) >= 11 is 1.51. The Kier molecular flexibility index (Phi) is 6.15. The summed E-state index contributed by atoms with van der Waals surface area (Å²) in [4.78, 5) is 30.6. The lowest BCUT2D eigenvalue weighted by Crippen LogP contribution is -2.22. The molecule has 0 aliphatic carbocycles. The number of hydrogen-bond acceptors (Lipinski definition) is 5. The van der Waals surface area contributed by atoms with Crippen LogP contribution in [0.25, 0.3) is 32.1 Å². The van der Waals surface area contributed by atoms with E-state index in [0.29, 0.717) is 34.7 Å². The molecule has 36 heavy (non-hydrogen) atoms. The number of amides is 2. The largest absolute Gasteiger partial charge is 0.373 e. The quantitative estimate of drug-likeness (QED) is 0.259. The molecular weight excluding hydrogens is 477 g/mol. The van der Waals surface area contributed by atoms with Gasteiger partial charge in [-0.15, -0.1) is 11.3 Å². The summed E-state index contributed by atoms with van der Waals surface area (Å²) in [5.41, 5.74) is 2.72. The molecule has 0 atom stereocenters. The van der Waals surface area contributed by atoms with Crippen LogP contribution in [-0.4, -0.2) is 22.6 Å². The molecule has 2 aromatic carbocycles. The molecule has 0 aliphatic heterocycles. The van der Waals surface area contributed by atoms with Crippen molar-refractivity contribution in [3.8, 4) is 11.1 Å². The Bertz CT molecular complexity index is 1690. The van der Waals surface area contributed by atoms with Crippen LogP contribution in [0.15, 0.2) is 64.9 Å². The number of aromatic nitrogens is 2. The number of fused-ring (bicyclic) bond motifs is 2. The number of nitrogens with one attached hydrogen (secondary N) is 3. The van der Waals surface area contributed by atoms with Crippen LogP contribution in [0, 0.1) is 12.7 Å². The Balaban J connectivity index is 1.53. The maximum absolute atomic E-state index is 14.9. The summed E-state index contributed by atoms with van der Waals surface area (Å²) < 4.78 is 17.6. The highest BCUT2D eigenvalue weighted by Gasteiger charge is 2.17. The molecule has 0 saturated heterocycles. The average Bonchev–Trinajstić information content (AvgIpc) is 3.28. The Morgan fingerprint density at radius 3 is 2.64 bits per heavy atom. The van der Waals surface area contributed by atoms with E-state index in [1.165, 1.54) is 23.5 Å². The van der Waals surface area contributed by atoms with E-state index in [-0.39, 0.29) is 11.2 Å². The zero-order valence-electron chi connectivity index (χ0n) is 20.0. The first kappa shape index (κ1) is 23.5. The van der Waals surface area contributed by atoms with E-state index in [2.05, 4.69) is 20.9 Å². The van der Waals surface area contributed by atoms with Crippen LogP contribution in [0.4, 0.5) is 26.4 Å². The number of anilines is 3. The molecule has 0 unspecified atom stereocenters. The van der Waals surface area contributed by atoms with Crippen molar-refractivity contribution in [3.63, 3.8) is 0 Å². The van der Waals surface area contributed by atoms with Crippen LogP contribution in [0.3, 0.4) is 0 Å². The zero-order chi connectivity index (χ0) is 25.4. The Morgan fingerprint density at radius 2 is 1.86 bits per heavy atom. The molecule has 0 radical (unpaired) electrons. The zero-order valence-corrected chi connectivity index (χ0v) is 20.8. The fourth-order valence-corrected chi connectivity index (χ4v) is 5.22. The Hall–Kier alpha value is -4.24. The van der Waals surface area contributed by atoms with Gasteiger partial charge in [-0.3, -0.25) is 4.79 Å². The Morgan fingerprint density at radius 1 is 1.08 bits per heavy atom. The van der Waals surface area contributed by atoms with Gasteiger partial charge in [0, 0.05) is 52.3 Å². The van der Waals surface area contributed by atoms with Crippen molar-refractivity contribution in [3.05, 3.63) is 81.8 Å². The first-order valence-electron chi connectivity index (χ1n) is 11.5. The number of urea groups is 1. The highest BCUT2D eigenvalue weighted by molar-refractivity contribution is 7.17. The molecule has 2 amide bonds.